The number of hydrogen-bond donors (Lipinski definition) is 0. The van der Waals surface area contributed by atoms with Crippen LogP contribution in [0.15, 0.2) is 0 Å². The van der Waals surface area contributed by atoms with Crippen molar-refractivity contribution >= 4 is 21.9 Å². The van der Waals surface area contributed by atoms with Crippen molar-refractivity contribution in [2.75, 3.05) is 0 Å². The third-order valence-electron chi connectivity index (χ3n) is 1.40. The van der Waals surface area contributed by atoms with Crippen LogP contribution in [0.5, 0.6) is 0 Å². The molecule has 1 saturated heterocycles. The summed E-state index contributed by atoms with van der Waals surface area (Å²) in [4.78, 5) is 10.8. The fraction of sp³-hybridized carbons (Fsp3) is 0.833. The minimum absolute atomic E-state index is 0.0712. The summed E-state index contributed by atoms with van der Waals surface area (Å²) in [6, 6.07) is 0. The number of hydrogen-bond acceptors (Lipinski definition) is 2. The van der Waals surface area contributed by atoms with Crippen LogP contribution in [0.25, 0.3) is 0 Å². The van der Waals surface area contributed by atoms with E-state index in [0.717, 1.165) is 6.42 Å². The molecule has 0 aromatic rings. The van der Waals surface area contributed by atoms with Gasteiger partial charge in [-0.25, -0.2) is 0 Å². The lowest BCUT2D eigenvalue weighted by Gasteiger charge is -2.05. The number of carbonyl (C=O) groups excluding carboxylic acids is 1. The molecule has 1 aliphatic heterocycles. The van der Waals surface area contributed by atoms with E-state index in [1.165, 1.54) is 0 Å². The zero-order chi connectivity index (χ0) is 7.07. The van der Waals surface area contributed by atoms with Crippen molar-refractivity contribution in [1.29, 1.82) is 0 Å². The fourth-order valence-corrected chi connectivity index (χ4v) is 1.52. The van der Waals surface area contributed by atoms with Crippen LogP contribution in [-0.2, 0) is 9.53 Å². The molecule has 0 N–H and O–H groups in total. The monoisotopic (exact) mass is 192 g/mol. The highest BCUT2D eigenvalue weighted by Crippen LogP contribution is 2.32. The first-order valence-electron chi connectivity index (χ1n) is 2.92. The Morgan fingerprint density at radius 3 is 2.56 bits per heavy atom. The van der Waals surface area contributed by atoms with E-state index in [-0.39, 0.29) is 12.1 Å². The molecule has 0 spiro atoms. The van der Waals surface area contributed by atoms with Crippen molar-refractivity contribution < 1.29 is 9.53 Å². The second-order valence-corrected chi connectivity index (χ2v) is 4.37. The highest BCUT2D eigenvalue weighted by molar-refractivity contribution is 9.10. The summed E-state index contributed by atoms with van der Waals surface area (Å²) >= 11 is 3.27. The average molecular weight is 193 g/mol. The lowest BCUT2D eigenvalue weighted by atomic mass is 10.1. The lowest BCUT2D eigenvalue weighted by molar-refractivity contribution is -0.142. The molecule has 3 heteroatoms. The largest absolute Gasteiger partial charge is 0.462 e. The van der Waals surface area contributed by atoms with Gasteiger partial charge in [0.1, 0.15) is 10.4 Å². The van der Waals surface area contributed by atoms with Crippen LogP contribution in [0.3, 0.4) is 0 Å². The molecule has 0 amide bonds. The van der Waals surface area contributed by atoms with E-state index in [2.05, 4.69) is 15.9 Å². The number of ether oxygens (including phenoxy) is 1. The summed E-state index contributed by atoms with van der Waals surface area (Å²) in [5.41, 5.74) is 0. The van der Waals surface area contributed by atoms with Gasteiger partial charge in [-0.2, -0.15) is 0 Å². The Morgan fingerprint density at radius 2 is 2.44 bits per heavy atom. The molecule has 1 heterocycles. The Kier molecular flexibility index (Phi) is 1.55. The van der Waals surface area contributed by atoms with Crippen molar-refractivity contribution in [3.8, 4) is 0 Å². The SMILES string of the molecule is CC1CC(C)(Br)C(=O)O1. The van der Waals surface area contributed by atoms with Gasteiger partial charge in [-0.1, -0.05) is 15.9 Å². The lowest BCUT2D eigenvalue weighted by Crippen LogP contribution is -2.21. The number of carbonyl (C=O) groups is 1. The van der Waals surface area contributed by atoms with Crippen LogP contribution < -0.4 is 0 Å². The molecule has 2 nitrogen and oxygen atoms in total. The molecule has 9 heavy (non-hydrogen) atoms. The molecule has 0 radical (unpaired) electrons. The molecule has 2 atom stereocenters. The van der Waals surface area contributed by atoms with Gasteiger partial charge < -0.3 is 4.74 Å². The maximum Gasteiger partial charge on any atom is 0.322 e. The van der Waals surface area contributed by atoms with Crippen LogP contribution in [0.2, 0.25) is 0 Å². The van der Waals surface area contributed by atoms with E-state index in [4.69, 9.17) is 4.74 Å². The van der Waals surface area contributed by atoms with E-state index in [0.29, 0.717) is 0 Å². The van der Waals surface area contributed by atoms with Gasteiger partial charge in [-0.15, -0.1) is 0 Å². The minimum atomic E-state index is -0.424. The van der Waals surface area contributed by atoms with Gasteiger partial charge in [0.25, 0.3) is 0 Å². The van der Waals surface area contributed by atoms with Crippen LogP contribution in [0.4, 0.5) is 0 Å². The van der Waals surface area contributed by atoms with Crippen LogP contribution in [0, 0.1) is 0 Å². The summed E-state index contributed by atoms with van der Waals surface area (Å²) in [5.74, 6) is -0.144. The highest BCUT2D eigenvalue weighted by atomic mass is 79.9. The molecule has 0 saturated carbocycles. The molecule has 0 bridgehead atoms. The maximum absolute atomic E-state index is 10.8. The summed E-state index contributed by atoms with van der Waals surface area (Å²) in [7, 11) is 0. The predicted octanol–water partition coefficient (Wildman–Crippen LogP) is 1.48. The number of esters is 1. The molecule has 0 aromatic carbocycles. The maximum atomic E-state index is 10.8. The third-order valence-corrected chi connectivity index (χ3v) is 2.05. The Bertz CT molecular complexity index is 142. The van der Waals surface area contributed by atoms with E-state index in [9.17, 15) is 4.79 Å². The van der Waals surface area contributed by atoms with Gasteiger partial charge in [0.05, 0.1) is 0 Å². The van der Waals surface area contributed by atoms with Gasteiger partial charge in [-0.05, 0) is 13.8 Å². The molecule has 2 unspecified atom stereocenters. The first-order valence-corrected chi connectivity index (χ1v) is 3.72. The van der Waals surface area contributed by atoms with E-state index in [1.807, 2.05) is 13.8 Å². The smallest absolute Gasteiger partial charge is 0.322 e. The van der Waals surface area contributed by atoms with Crippen molar-refractivity contribution in [1.82, 2.24) is 0 Å². The summed E-state index contributed by atoms with van der Waals surface area (Å²) in [6.45, 7) is 3.73. The van der Waals surface area contributed by atoms with Gasteiger partial charge in [-0.3, -0.25) is 4.79 Å². The third kappa shape index (κ3) is 1.26. The number of rotatable bonds is 0. The Labute approximate surface area is 62.7 Å². The highest BCUT2D eigenvalue weighted by Gasteiger charge is 2.41. The minimum Gasteiger partial charge on any atom is -0.462 e. The quantitative estimate of drug-likeness (QED) is 0.430. The summed E-state index contributed by atoms with van der Waals surface area (Å²) < 4.78 is 4.47. The van der Waals surface area contributed by atoms with E-state index in [1.54, 1.807) is 0 Å². The van der Waals surface area contributed by atoms with Gasteiger partial charge in [0.15, 0.2) is 0 Å². The van der Waals surface area contributed by atoms with Gasteiger partial charge in [0, 0.05) is 6.42 Å². The van der Waals surface area contributed by atoms with Crippen LogP contribution >= 0.6 is 15.9 Å². The zero-order valence-electron chi connectivity index (χ0n) is 5.48. The standard InChI is InChI=1S/C6H9BrO2/c1-4-3-6(2,7)5(8)9-4/h4H,3H2,1-2H3. The molecular formula is C6H9BrO2. The molecular weight excluding hydrogens is 184 g/mol. The van der Waals surface area contributed by atoms with Gasteiger partial charge in [0.2, 0.25) is 0 Å². The average Bonchev–Trinajstić information content (AvgIpc) is 1.79. The molecule has 1 aliphatic rings. The normalized spacial score (nSPS) is 43.0. The molecule has 0 aliphatic carbocycles. The molecule has 1 rings (SSSR count). The second kappa shape index (κ2) is 1.97. The molecule has 1 fully saturated rings. The van der Waals surface area contributed by atoms with Crippen LogP contribution in [0.1, 0.15) is 20.3 Å². The number of cyclic esters (lactones) is 1. The summed E-state index contributed by atoms with van der Waals surface area (Å²) in [6.07, 6.45) is 0.841. The van der Waals surface area contributed by atoms with Crippen molar-refractivity contribution in [2.45, 2.75) is 30.7 Å². The topological polar surface area (TPSA) is 26.3 Å². The Hall–Kier alpha value is -0.0500. The predicted molar refractivity (Wildman–Crippen MR) is 37.5 cm³/mol. The Balaban J connectivity index is 2.70. The van der Waals surface area contributed by atoms with Crippen LogP contribution in [-0.4, -0.2) is 16.4 Å². The second-order valence-electron chi connectivity index (χ2n) is 2.62. The van der Waals surface area contributed by atoms with E-state index < -0.39 is 4.32 Å². The van der Waals surface area contributed by atoms with Crippen molar-refractivity contribution in [3.05, 3.63) is 0 Å². The number of halogens is 1. The first kappa shape index (κ1) is 7.06. The zero-order valence-corrected chi connectivity index (χ0v) is 7.06. The fourth-order valence-electron chi connectivity index (χ4n) is 0.970. The molecule has 0 aromatic heterocycles. The molecule has 52 valence electrons. The van der Waals surface area contributed by atoms with Gasteiger partial charge >= 0.3 is 5.97 Å². The summed E-state index contributed by atoms with van der Waals surface area (Å²) in [5, 5.41) is 0. The van der Waals surface area contributed by atoms with Crippen molar-refractivity contribution in [3.63, 3.8) is 0 Å². The Morgan fingerprint density at radius 1 is 1.89 bits per heavy atom. The van der Waals surface area contributed by atoms with Crippen molar-refractivity contribution in [2.24, 2.45) is 0 Å². The first-order chi connectivity index (χ1) is 4.02. The van der Waals surface area contributed by atoms with E-state index >= 15 is 0 Å². The number of alkyl halides is 1.